The maximum absolute atomic E-state index is 12.3. The zero-order chi connectivity index (χ0) is 17.9. The molecular weight excluding hydrogens is 342 g/mol. The molecule has 1 N–H and O–H groups in total. The minimum Gasteiger partial charge on any atom is -0.348 e. The van der Waals surface area contributed by atoms with Crippen LogP contribution in [0.2, 0.25) is 0 Å². The molecule has 1 aromatic heterocycles. The molecule has 1 amide bonds. The van der Waals surface area contributed by atoms with Crippen molar-refractivity contribution in [1.29, 1.82) is 0 Å². The molecule has 0 aliphatic carbocycles. The number of para-hydroxylation sites is 1. The first kappa shape index (κ1) is 17.6. The third-order valence-corrected chi connectivity index (χ3v) is 6.00. The summed E-state index contributed by atoms with van der Waals surface area (Å²) in [6.07, 6.45) is 1.28. The van der Waals surface area contributed by atoms with Gasteiger partial charge in [0.25, 0.3) is 5.91 Å². The normalized spacial score (nSPS) is 16.8. The molecule has 1 saturated heterocycles. The van der Waals surface area contributed by atoms with Crippen LogP contribution in [0.3, 0.4) is 0 Å². The molecule has 25 heavy (non-hydrogen) atoms. The van der Waals surface area contributed by atoms with Gasteiger partial charge in [0.05, 0.1) is 11.4 Å². The molecule has 2 heterocycles. The highest BCUT2D eigenvalue weighted by molar-refractivity contribution is 7.89. The smallest absolute Gasteiger partial charge is 0.291 e. The second kappa shape index (κ2) is 7.32. The van der Waals surface area contributed by atoms with Gasteiger partial charge in [0.1, 0.15) is 5.82 Å². The van der Waals surface area contributed by atoms with E-state index in [2.05, 4.69) is 15.4 Å². The number of benzene rings is 1. The van der Waals surface area contributed by atoms with Gasteiger partial charge in [0, 0.05) is 26.1 Å². The molecule has 0 unspecified atom stereocenters. The second-order valence-corrected chi connectivity index (χ2v) is 7.87. The monoisotopic (exact) mass is 363 g/mol. The van der Waals surface area contributed by atoms with Crippen molar-refractivity contribution >= 4 is 15.9 Å². The molecule has 1 aliphatic heterocycles. The zero-order valence-corrected chi connectivity index (χ0v) is 14.9. The number of hydrogen-bond donors (Lipinski definition) is 1. The van der Waals surface area contributed by atoms with Crippen LogP contribution in [0, 0.1) is 0 Å². The van der Waals surface area contributed by atoms with Gasteiger partial charge >= 0.3 is 0 Å². The molecule has 9 heteroatoms. The van der Waals surface area contributed by atoms with Crippen molar-refractivity contribution in [3.63, 3.8) is 0 Å². The second-order valence-electron chi connectivity index (χ2n) is 5.78. The number of carbonyl (C=O) groups is 1. The van der Waals surface area contributed by atoms with Crippen molar-refractivity contribution in [2.24, 2.45) is 0 Å². The fourth-order valence-electron chi connectivity index (χ4n) is 2.76. The van der Waals surface area contributed by atoms with Crippen LogP contribution >= 0.6 is 0 Å². The van der Waals surface area contributed by atoms with Crippen LogP contribution in [0.1, 0.15) is 29.8 Å². The van der Waals surface area contributed by atoms with Crippen LogP contribution in [0.4, 0.5) is 0 Å². The van der Waals surface area contributed by atoms with E-state index in [1.165, 1.54) is 4.31 Å². The third kappa shape index (κ3) is 3.88. The lowest BCUT2D eigenvalue weighted by Crippen LogP contribution is -2.36. The van der Waals surface area contributed by atoms with Gasteiger partial charge in [-0.15, -0.1) is 5.10 Å². The molecule has 134 valence electrons. The van der Waals surface area contributed by atoms with E-state index in [1.54, 1.807) is 4.68 Å². The topological polar surface area (TPSA) is 97.2 Å². The van der Waals surface area contributed by atoms with E-state index in [4.69, 9.17) is 0 Å². The third-order valence-electron chi connectivity index (χ3n) is 4.04. The van der Waals surface area contributed by atoms with E-state index in [9.17, 15) is 13.2 Å². The van der Waals surface area contributed by atoms with Gasteiger partial charge in [-0.1, -0.05) is 25.1 Å². The number of nitrogens with zero attached hydrogens (tertiary/aromatic N) is 4. The molecule has 0 radical (unpaired) electrons. The number of sulfonamides is 1. The molecule has 8 nitrogen and oxygen atoms in total. The van der Waals surface area contributed by atoms with Gasteiger partial charge in [-0.25, -0.2) is 22.4 Å². The Kier molecular flexibility index (Phi) is 5.14. The molecule has 2 aromatic rings. The van der Waals surface area contributed by atoms with Crippen LogP contribution in [-0.4, -0.2) is 58.8 Å². The van der Waals surface area contributed by atoms with Gasteiger partial charge in [-0.3, -0.25) is 4.79 Å². The van der Waals surface area contributed by atoms with Gasteiger partial charge in [-0.2, -0.15) is 0 Å². The average Bonchev–Trinajstić information content (AvgIpc) is 3.19. The first-order chi connectivity index (χ1) is 12.0. The highest BCUT2D eigenvalue weighted by atomic mass is 32.2. The SMILES string of the molecule is CCc1nc(C(=O)NCCN2CCCS2(=O)=O)nn1-c1ccccc1. The summed E-state index contributed by atoms with van der Waals surface area (Å²) in [5.41, 5.74) is 0.842. The fraction of sp³-hybridized carbons (Fsp3) is 0.438. The van der Waals surface area contributed by atoms with Crippen LogP contribution in [-0.2, 0) is 16.4 Å². The number of hydrogen-bond acceptors (Lipinski definition) is 5. The van der Waals surface area contributed by atoms with E-state index in [0.29, 0.717) is 25.2 Å². The maximum atomic E-state index is 12.3. The van der Waals surface area contributed by atoms with Crippen molar-refractivity contribution in [2.75, 3.05) is 25.4 Å². The molecule has 0 atom stereocenters. The number of amides is 1. The summed E-state index contributed by atoms with van der Waals surface area (Å²) in [7, 11) is -3.15. The van der Waals surface area contributed by atoms with E-state index in [0.717, 1.165) is 5.69 Å². The summed E-state index contributed by atoms with van der Waals surface area (Å²) < 4.78 is 26.5. The standard InChI is InChI=1S/C16H21N5O3S/c1-2-14-18-15(19-21(14)13-7-4-3-5-8-13)16(22)17-9-11-20-10-6-12-25(20,23)24/h3-5,7-8H,2,6,9-12H2,1H3,(H,17,22). The first-order valence-corrected chi connectivity index (χ1v) is 9.89. The highest BCUT2D eigenvalue weighted by Gasteiger charge is 2.27. The van der Waals surface area contributed by atoms with Gasteiger partial charge in [0.2, 0.25) is 15.8 Å². The number of aromatic nitrogens is 3. The lowest BCUT2D eigenvalue weighted by atomic mass is 10.3. The summed E-state index contributed by atoms with van der Waals surface area (Å²) >= 11 is 0. The first-order valence-electron chi connectivity index (χ1n) is 8.28. The van der Waals surface area contributed by atoms with E-state index >= 15 is 0 Å². The van der Waals surface area contributed by atoms with Crippen molar-refractivity contribution in [3.8, 4) is 5.69 Å². The van der Waals surface area contributed by atoms with Crippen LogP contribution in [0.15, 0.2) is 30.3 Å². The molecular formula is C16H21N5O3S. The summed E-state index contributed by atoms with van der Waals surface area (Å²) in [5, 5.41) is 6.99. The van der Waals surface area contributed by atoms with E-state index < -0.39 is 15.9 Å². The minimum atomic E-state index is -3.15. The molecule has 3 rings (SSSR count). The van der Waals surface area contributed by atoms with E-state index in [1.807, 2.05) is 37.3 Å². The van der Waals surface area contributed by atoms with Crippen molar-refractivity contribution < 1.29 is 13.2 Å². The largest absolute Gasteiger partial charge is 0.348 e. The Bertz CT molecular complexity index is 848. The molecule has 0 bridgehead atoms. The van der Waals surface area contributed by atoms with Crippen LogP contribution < -0.4 is 5.32 Å². The Hall–Kier alpha value is -2.26. The number of carbonyl (C=O) groups excluding carboxylic acids is 1. The maximum Gasteiger partial charge on any atom is 0.291 e. The minimum absolute atomic E-state index is 0.0879. The summed E-state index contributed by atoms with van der Waals surface area (Å²) in [6.45, 7) is 2.97. The van der Waals surface area contributed by atoms with Gasteiger partial charge in [0.15, 0.2) is 0 Å². The summed E-state index contributed by atoms with van der Waals surface area (Å²) in [5.74, 6) is 0.563. The number of rotatable bonds is 6. The van der Waals surface area contributed by atoms with E-state index in [-0.39, 0.29) is 24.7 Å². The predicted molar refractivity (Wildman–Crippen MR) is 93.0 cm³/mol. The molecule has 1 aromatic carbocycles. The van der Waals surface area contributed by atoms with Crippen molar-refractivity contribution in [2.45, 2.75) is 19.8 Å². The number of nitrogens with one attached hydrogen (secondary N) is 1. The molecule has 1 aliphatic rings. The highest BCUT2D eigenvalue weighted by Crippen LogP contribution is 2.12. The van der Waals surface area contributed by atoms with Crippen molar-refractivity contribution in [3.05, 3.63) is 42.0 Å². The Morgan fingerprint density at radius 2 is 2.04 bits per heavy atom. The Labute approximate surface area is 146 Å². The quantitative estimate of drug-likeness (QED) is 0.810. The number of aryl methyl sites for hydroxylation is 1. The Morgan fingerprint density at radius 3 is 2.68 bits per heavy atom. The Morgan fingerprint density at radius 1 is 1.28 bits per heavy atom. The zero-order valence-electron chi connectivity index (χ0n) is 14.1. The molecule has 0 saturated carbocycles. The molecule has 0 spiro atoms. The lowest BCUT2D eigenvalue weighted by molar-refractivity contribution is 0.0941. The van der Waals surface area contributed by atoms with Crippen LogP contribution in [0.5, 0.6) is 0 Å². The van der Waals surface area contributed by atoms with Gasteiger partial charge < -0.3 is 5.32 Å². The predicted octanol–water partition coefficient (Wildman–Crippen LogP) is 0.595. The average molecular weight is 363 g/mol. The lowest BCUT2D eigenvalue weighted by Gasteiger charge is -2.13. The molecule has 1 fully saturated rings. The summed E-state index contributed by atoms with van der Waals surface area (Å²) in [4.78, 5) is 16.6. The fourth-order valence-corrected chi connectivity index (χ4v) is 4.29. The van der Waals surface area contributed by atoms with Crippen molar-refractivity contribution in [1.82, 2.24) is 24.4 Å². The van der Waals surface area contributed by atoms with Gasteiger partial charge in [-0.05, 0) is 18.6 Å². The Balaban J connectivity index is 1.65. The van der Waals surface area contributed by atoms with Crippen LogP contribution in [0.25, 0.3) is 5.69 Å². The summed E-state index contributed by atoms with van der Waals surface area (Å²) in [6, 6.07) is 9.49.